The molecule has 4 rings (SSSR count). The normalized spacial score (nSPS) is 25.9. The summed E-state index contributed by atoms with van der Waals surface area (Å²) in [5.74, 6) is 0.637. The van der Waals surface area contributed by atoms with Crippen molar-refractivity contribution in [2.45, 2.75) is 119 Å². The highest BCUT2D eigenvalue weighted by Crippen LogP contribution is 2.35. The van der Waals surface area contributed by atoms with Gasteiger partial charge in [-0.15, -0.1) is 0 Å². The molecule has 0 aliphatic heterocycles. The fourth-order valence-electron chi connectivity index (χ4n) is 5.35. The Morgan fingerprint density at radius 1 is 0.733 bits per heavy atom. The van der Waals surface area contributed by atoms with Gasteiger partial charge in [0.15, 0.2) is 5.52 Å². The van der Waals surface area contributed by atoms with Gasteiger partial charge in [0, 0.05) is 9.97 Å². The second kappa shape index (κ2) is 11.7. The lowest BCUT2D eigenvalue weighted by Crippen LogP contribution is -2.26. The van der Waals surface area contributed by atoms with Crippen LogP contribution in [0.5, 0.6) is 0 Å². The Kier molecular flexibility index (Phi) is 8.70. The quantitative estimate of drug-likeness (QED) is 0.326. The molecule has 2 aliphatic carbocycles. The zero-order chi connectivity index (χ0) is 20.6. The number of nitrogens with zero attached hydrogens (tertiary/aromatic N) is 2. The van der Waals surface area contributed by atoms with Crippen molar-refractivity contribution in [1.82, 2.24) is 10.3 Å². The van der Waals surface area contributed by atoms with Crippen molar-refractivity contribution in [3.8, 4) is 0 Å². The summed E-state index contributed by atoms with van der Waals surface area (Å²) in [5.41, 5.74) is 4.40. The van der Waals surface area contributed by atoms with Crippen molar-refractivity contribution >= 4 is 39.3 Å². The van der Waals surface area contributed by atoms with E-state index in [9.17, 15) is 0 Å². The van der Waals surface area contributed by atoms with Gasteiger partial charge in [-0.2, -0.15) is 0 Å². The van der Waals surface area contributed by atoms with Crippen molar-refractivity contribution in [3.05, 3.63) is 17.7 Å². The number of halogens is 1. The number of benzene rings is 1. The molecule has 1 heterocycles. The molecule has 0 bridgehead atoms. The van der Waals surface area contributed by atoms with E-state index in [2.05, 4.69) is 50.4 Å². The predicted octanol–water partition coefficient (Wildman–Crippen LogP) is 8.16. The first kappa shape index (κ1) is 22.3. The molecule has 1 aromatic heterocycles. The number of nitrogens with one attached hydrogen (secondary N) is 1. The number of fused-ring (bicyclic) bond motifs is 1. The Morgan fingerprint density at radius 2 is 1.33 bits per heavy atom. The summed E-state index contributed by atoms with van der Waals surface area (Å²) in [6.45, 7) is 0. The molecule has 0 unspecified atom stereocenters. The molecular formula is C25H38IN3O. The topological polar surface area (TPSA) is 51.0 Å². The van der Waals surface area contributed by atoms with Gasteiger partial charge in [-0.3, -0.25) is 0 Å². The molecule has 0 amide bonds. The first-order chi connectivity index (χ1) is 14.8. The molecule has 5 heteroatoms. The van der Waals surface area contributed by atoms with Crippen LogP contribution in [0.25, 0.3) is 11.0 Å². The summed E-state index contributed by atoms with van der Waals surface area (Å²) in [6.07, 6.45) is 21.7. The second-order valence-corrected chi connectivity index (χ2v) is 11.4. The van der Waals surface area contributed by atoms with Gasteiger partial charge in [-0.25, -0.2) is 4.63 Å². The lowest BCUT2D eigenvalue weighted by atomic mass is 9.87. The smallest absolute Gasteiger partial charge is 0.158 e. The fraction of sp³-hybridized carbons (Fsp3) is 0.760. The average Bonchev–Trinajstić information content (AvgIpc) is 3.24. The molecule has 2 aliphatic rings. The van der Waals surface area contributed by atoms with E-state index < -0.39 is 0 Å². The van der Waals surface area contributed by atoms with E-state index in [1.54, 1.807) is 0 Å². The third-order valence-corrected chi connectivity index (χ3v) is 8.47. The summed E-state index contributed by atoms with van der Waals surface area (Å²) >= 11 is 2.60. The molecular weight excluding hydrogens is 485 g/mol. The third-order valence-electron chi connectivity index (χ3n) is 7.23. The van der Waals surface area contributed by atoms with Gasteiger partial charge in [0.25, 0.3) is 0 Å². The number of rotatable bonds is 3. The van der Waals surface area contributed by atoms with E-state index in [4.69, 9.17) is 4.63 Å². The Bertz CT molecular complexity index is 755. The number of alkyl halides is 1. The molecule has 0 spiro atoms. The average molecular weight is 524 g/mol. The van der Waals surface area contributed by atoms with Crippen LogP contribution in [-0.2, 0) is 0 Å². The molecule has 1 aromatic carbocycles. The minimum Gasteiger partial charge on any atom is -0.380 e. The summed E-state index contributed by atoms with van der Waals surface area (Å²) in [7, 11) is 0. The molecule has 2 saturated carbocycles. The van der Waals surface area contributed by atoms with Crippen LogP contribution in [-0.4, -0.2) is 20.3 Å². The van der Waals surface area contributed by atoms with E-state index in [0.29, 0.717) is 12.0 Å². The molecule has 0 radical (unpaired) electrons. The number of hydrogen-bond donors (Lipinski definition) is 1. The van der Waals surface area contributed by atoms with Gasteiger partial charge in [-0.1, -0.05) is 86.8 Å². The van der Waals surface area contributed by atoms with Gasteiger partial charge in [0.05, 0.1) is 5.69 Å². The van der Waals surface area contributed by atoms with Gasteiger partial charge in [-0.05, 0) is 72.5 Å². The molecule has 30 heavy (non-hydrogen) atoms. The molecule has 0 atom stereocenters. The summed E-state index contributed by atoms with van der Waals surface area (Å²) < 4.78 is 5.97. The minimum atomic E-state index is 0.547. The van der Waals surface area contributed by atoms with Crippen LogP contribution in [0.3, 0.4) is 0 Å². The van der Waals surface area contributed by atoms with Crippen LogP contribution >= 0.6 is 22.6 Å². The highest BCUT2D eigenvalue weighted by Gasteiger charge is 2.22. The van der Waals surface area contributed by atoms with Crippen LogP contribution in [0.4, 0.5) is 5.69 Å². The van der Waals surface area contributed by atoms with Gasteiger partial charge >= 0.3 is 0 Å². The van der Waals surface area contributed by atoms with E-state index in [1.165, 1.54) is 108 Å². The van der Waals surface area contributed by atoms with Gasteiger partial charge in [0.2, 0.25) is 0 Å². The molecule has 166 valence electrons. The fourth-order valence-corrected chi connectivity index (χ4v) is 6.07. The highest BCUT2D eigenvalue weighted by atomic mass is 127. The molecule has 4 nitrogen and oxygen atoms in total. The third kappa shape index (κ3) is 6.33. The SMILES string of the molecule is IC1CCC(Nc2cc(C3CCCCCCCCCCCC3)cc3nonc23)CC1. The maximum atomic E-state index is 5.14. The number of aromatic nitrogens is 2. The van der Waals surface area contributed by atoms with Crippen molar-refractivity contribution in [2.24, 2.45) is 0 Å². The second-order valence-electron chi connectivity index (χ2n) is 9.60. The van der Waals surface area contributed by atoms with Crippen molar-refractivity contribution in [2.75, 3.05) is 5.32 Å². The van der Waals surface area contributed by atoms with Gasteiger partial charge < -0.3 is 5.32 Å². The molecule has 2 aromatic rings. The van der Waals surface area contributed by atoms with Crippen molar-refractivity contribution in [3.63, 3.8) is 0 Å². The zero-order valence-electron chi connectivity index (χ0n) is 18.4. The largest absolute Gasteiger partial charge is 0.380 e. The lowest BCUT2D eigenvalue weighted by Gasteiger charge is -2.27. The molecule has 2 fully saturated rings. The summed E-state index contributed by atoms with van der Waals surface area (Å²) in [5, 5.41) is 12.3. The standard InChI is InChI=1S/C25H38IN3O/c26-21-13-15-22(16-14-21)27-23-17-20(18-24-25(23)29-30-28-24)19-11-9-7-5-3-1-2-4-6-8-10-12-19/h17-19,21-22,27H,1-16H2. The first-order valence-corrected chi connectivity index (χ1v) is 13.7. The van der Waals surface area contributed by atoms with E-state index in [-0.39, 0.29) is 0 Å². The van der Waals surface area contributed by atoms with Crippen molar-refractivity contribution in [1.29, 1.82) is 0 Å². The molecule has 1 N–H and O–H groups in total. The van der Waals surface area contributed by atoms with Crippen LogP contribution in [0.1, 0.15) is 114 Å². The van der Waals surface area contributed by atoms with Crippen LogP contribution in [0.2, 0.25) is 0 Å². The Hall–Kier alpha value is -0.850. The summed E-state index contributed by atoms with van der Waals surface area (Å²) in [4.78, 5) is 0. The summed E-state index contributed by atoms with van der Waals surface area (Å²) in [6, 6.07) is 5.18. The minimum absolute atomic E-state index is 0.547. The van der Waals surface area contributed by atoms with Crippen LogP contribution in [0, 0.1) is 0 Å². The van der Waals surface area contributed by atoms with E-state index >= 15 is 0 Å². The number of anilines is 1. The Balaban J connectivity index is 1.50. The maximum Gasteiger partial charge on any atom is 0.158 e. The zero-order valence-corrected chi connectivity index (χ0v) is 20.5. The van der Waals surface area contributed by atoms with E-state index in [0.717, 1.165) is 20.6 Å². The Morgan fingerprint density at radius 3 is 1.97 bits per heavy atom. The van der Waals surface area contributed by atoms with E-state index in [1.807, 2.05) is 0 Å². The monoisotopic (exact) mass is 523 g/mol. The van der Waals surface area contributed by atoms with Crippen LogP contribution in [0.15, 0.2) is 16.8 Å². The van der Waals surface area contributed by atoms with Crippen molar-refractivity contribution < 1.29 is 4.63 Å². The van der Waals surface area contributed by atoms with Crippen LogP contribution < -0.4 is 5.32 Å². The van der Waals surface area contributed by atoms with Gasteiger partial charge in [0.1, 0.15) is 5.52 Å². The first-order valence-electron chi connectivity index (χ1n) is 12.5. The predicted molar refractivity (Wildman–Crippen MR) is 134 cm³/mol. The maximum absolute atomic E-state index is 5.14. The molecule has 0 saturated heterocycles. The Labute approximate surface area is 195 Å². The lowest BCUT2D eigenvalue weighted by molar-refractivity contribution is 0.315. The number of hydrogen-bond acceptors (Lipinski definition) is 4. The highest BCUT2D eigenvalue weighted by molar-refractivity contribution is 14.1.